The van der Waals surface area contributed by atoms with Crippen LogP contribution >= 0.6 is 0 Å². The van der Waals surface area contributed by atoms with E-state index in [1.165, 1.54) is 12.8 Å². The van der Waals surface area contributed by atoms with Gasteiger partial charge in [0, 0.05) is 11.7 Å². The number of aliphatic imine (C=N–C) groups is 1. The first-order chi connectivity index (χ1) is 8.66. The van der Waals surface area contributed by atoms with Crippen molar-refractivity contribution in [3.63, 3.8) is 0 Å². The molecule has 0 aliphatic heterocycles. The van der Waals surface area contributed by atoms with Crippen LogP contribution in [0.4, 0.5) is 5.69 Å². The van der Waals surface area contributed by atoms with Crippen LogP contribution in [0, 0.1) is 5.92 Å². The van der Waals surface area contributed by atoms with E-state index in [-0.39, 0.29) is 0 Å². The molecule has 0 amide bonds. The van der Waals surface area contributed by atoms with Crippen molar-refractivity contribution in [2.45, 2.75) is 18.9 Å². The summed E-state index contributed by atoms with van der Waals surface area (Å²) in [5.74, 6) is 1.29. The summed E-state index contributed by atoms with van der Waals surface area (Å²) in [7, 11) is 4.22. The average Bonchev–Trinajstić information content (AvgIpc) is 3.14. The van der Waals surface area contributed by atoms with Crippen LogP contribution in [0.2, 0.25) is 0 Å². The Labute approximate surface area is 109 Å². The number of benzene rings is 1. The Hall–Kier alpha value is -1.55. The van der Waals surface area contributed by atoms with Gasteiger partial charge in [0.2, 0.25) is 0 Å². The lowest BCUT2D eigenvalue weighted by Crippen LogP contribution is -2.34. The van der Waals surface area contributed by atoms with Gasteiger partial charge in [0.05, 0.1) is 6.54 Å². The zero-order valence-corrected chi connectivity index (χ0v) is 11.1. The third-order valence-electron chi connectivity index (χ3n) is 3.32. The molecule has 0 heterocycles. The molecule has 3 N–H and O–H groups in total. The summed E-state index contributed by atoms with van der Waals surface area (Å²) in [5.41, 5.74) is 6.87. The van der Waals surface area contributed by atoms with Gasteiger partial charge >= 0.3 is 0 Å². The maximum atomic E-state index is 5.90. The first-order valence-corrected chi connectivity index (χ1v) is 6.45. The van der Waals surface area contributed by atoms with E-state index in [0.29, 0.717) is 12.0 Å². The van der Waals surface area contributed by atoms with Crippen molar-refractivity contribution in [2.75, 3.05) is 26.0 Å². The Morgan fingerprint density at radius 2 is 2.06 bits per heavy atom. The van der Waals surface area contributed by atoms with Crippen LogP contribution in [0.3, 0.4) is 0 Å². The third kappa shape index (κ3) is 3.74. The van der Waals surface area contributed by atoms with Crippen molar-refractivity contribution in [1.29, 1.82) is 0 Å². The number of nitrogens with two attached hydrogens (primary N) is 1. The molecule has 0 saturated heterocycles. The highest BCUT2D eigenvalue weighted by Crippen LogP contribution is 2.34. The summed E-state index contributed by atoms with van der Waals surface area (Å²) in [5, 5.41) is 3.10. The molecule has 1 aromatic carbocycles. The number of rotatable bonds is 5. The molecule has 18 heavy (non-hydrogen) atoms. The second-order valence-corrected chi connectivity index (χ2v) is 5.09. The number of nitrogens with one attached hydrogen (secondary N) is 1. The van der Waals surface area contributed by atoms with Crippen molar-refractivity contribution >= 4 is 11.6 Å². The van der Waals surface area contributed by atoms with E-state index in [1.807, 2.05) is 30.3 Å². The molecular weight excluding hydrogens is 224 g/mol. The van der Waals surface area contributed by atoms with E-state index in [4.69, 9.17) is 5.73 Å². The van der Waals surface area contributed by atoms with Gasteiger partial charge in [-0.3, -0.25) is 4.99 Å². The predicted octanol–water partition coefficient (Wildman–Crippen LogP) is 1.75. The number of likely N-dealkylation sites (N-methyl/N-ethyl adjacent to an activating group) is 1. The van der Waals surface area contributed by atoms with Gasteiger partial charge < -0.3 is 16.0 Å². The first kappa shape index (κ1) is 12.9. The standard InChI is InChI=1S/C14H22N4/c1-18(2)13(11-8-9-11)10-16-14(15)17-12-6-4-3-5-7-12/h3-7,11,13H,8-10H2,1-2H3,(H3,15,16,17). The lowest BCUT2D eigenvalue weighted by atomic mass is 10.2. The molecule has 4 heteroatoms. The van der Waals surface area contributed by atoms with E-state index in [2.05, 4.69) is 29.3 Å². The van der Waals surface area contributed by atoms with E-state index in [0.717, 1.165) is 18.2 Å². The van der Waals surface area contributed by atoms with Gasteiger partial charge in [-0.05, 0) is 45.0 Å². The third-order valence-corrected chi connectivity index (χ3v) is 3.32. The topological polar surface area (TPSA) is 53.6 Å². The van der Waals surface area contributed by atoms with Crippen molar-refractivity contribution in [3.05, 3.63) is 30.3 Å². The fourth-order valence-electron chi connectivity index (χ4n) is 2.12. The van der Waals surface area contributed by atoms with Gasteiger partial charge in [-0.15, -0.1) is 0 Å². The quantitative estimate of drug-likeness (QED) is 0.615. The molecule has 1 atom stereocenters. The Bertz CT molecular complexity index is 394. The second kappa shape index (κ2) is 5.87. The van der Waals surface area contributed by atoms with Gasteiger partial charge in [-0.25, -0.2) is 0 Å². The zero-order chi connectivity index (χ0) is 13.0. The minimum absolute atomic E-state index is 0.494. The number of hydrogen-bond donors (Lipinski definition) is 2. The largest absolute Gasteiger partial charge is 0.370 e. The minimum atomic E-state index is 0.494. The van der Waals surface area contributed by atoms with E-state index in [9.17, 15) is 0 Å². The normalized spacial score (nSPS) is 17.8. The van der Waals surface area contributed by atoms with Crippen molar-refractivity contribution in [1.82, 2.24) is 4.90 Å². The number of guanidine groups is 1. The van der Waals surface area contributed by atoms with E-state index in [1.54, 1.807) is 0 Å². The highest BCUT2D eigenvalue weighted by atomic mass is 15.2. The van der Waals surface area contributed by atoms with Crippen LogP contribution in [0.15, 0.2) is 35.3 Å². The van der Waals surface area contributed by atoms with Gasteiger partial charge in [0.1, 0.15) is 0 Å². The van der Waals surface area contributed by atoms with Crippen molar-refractivity contribution < 1.29 is 0 Å². The molecule has 1 fully saturated rings. The molecule has 1 unspecified atom stereocenters. The Morgan fingerprint density at radius 3 is 2.61 bits per heavy atom. The van der Waals surface area contributed by atoms with Crippen molar-refractivity contribution in [3.8, 4) is 0 Å². The van der Waals surface area contributed by atoms with Crippen LogP contribution in [0.1, 0.15) is 12.8 Å². The summed E-state index contributed by atoms with van der Waals surface area (Å²) < 4.78 is 0. The van der Waals surface area contributed by atoms with Gasteiger partial charge in [0.15, 0.2) is 5.96 Å². The Balaban J connectivity index is 1.88. The summed E-state index contributed by atoms with van der Waals surface area (Å²) >= 11 is 0. The Kier molecular flexibility index (Phi) is 4.20. The summed E-state index contributed by atoms with van der Waals surface area (Å²) in [4.78, 5) is 6.69. The number of anilines is 1. The number of nitrogens with zero attached hydrogens (tertiary/aromatic N) is 2. The lowest BCUT2D eigenvalue weighted by molar-refractivity contribution is 0.271. The van der Waals surface area contributed by atoms with Crippen LogP contribution in [0.5, 0.6) is 0 Å². The molecular formula is C14H22N4. The molecule has 1 aromatic rings. The Morgan fingerprint density at radius 1 is 1.39 bits per heavy atom. The minimum Gasteiger partial charge on any atom is -0.370 e. The smallest absolute Gasteiger partial charge is 0.193 e. The SMILES string of the molecule is CN(C)C(CN=C(N)Nc1ccccc1)C1CC1. The monoisotopic (exact) mass is 246 g/mol. The van der Waals surface area contributed by atoms with Crippen molar-refractivity contribution in [2.24, 2.45) is 16.6 Å². The number of hydrogen-bond acceptors (Lipinski definition) is 2. The zero-order valence-electron chi connectivity index (χ0n) is 11.1. The van der Waals surface area contributed by atoms with Crippen LogP contribution < -0.4 is 11.1 Å². The van der Waals surface area contributed by atoms with E-state index >= 15 is 0 Å². The van der Waals surface area contributed by atoms with Gasteiger partial charge in [-0.1, -0.05) is 18.2 Å². The van der Waals surface area contributed by atoms with Gasteiger partial charge in [-0.2, -0.15) is 0 Å². The maximum absolute atomic E-state index is 5.90. The summed E-state index contributed by atoms with van der Waals surface area (Å²) in [6.45, 7) is 0.767. The molecule has 1 aliphatic carbocycles. The summed E-state index contributed by atoms with van der Waals surface area (Å²) in [6.07, 6.45) is 2.65. The molecule has 1 saturated carbocycles. The fraction of sp³-hybridized carbons (Fsp3) is 0.500. The molecule has 4 nitrogen and oxygen atoms in total. The molecule has 1 aliphatic rings. The molecule has 2 rings (SSSR count). The number of para-hydroxylation sites is 1. The fourth-order valence-corrected chi connectivity index (χ4v) is 2.12. The first-order valence-electron chi connectivity index (χ1n) is 6.45. The van der Waals surface area contributed by atoms with Crippen LogP contribution in [0.25, 0.3) is 0 Å². The molecule has 0 bridgehead atoms. The predicted molar refractivity (Wildman–Crippen MR) is 76.8 cm³/mol. The average molecular weight is 246 g/mol. The summed E-state index contributed by atoms with van der Waals surface area (Å²) in [6, 6.07) is 10.4. The second-order valence-electron chi connectivity index (χ2n) is 5.09. The highest BCUT2D eigenvalue weighted by molar-refractivity contribution is 5.92. The molecule has 98 valence electrons. The molecule has 0 aromatic heterocycles. The van der Waals surface area contributed by atoms with Crippen LogP contribution in [-0.4, -0.2) is 37.5 Å². The highest BCUT2D eigenvalue weighted by Gasteiger charge is 2.32. The lowest BCUT2D eigenvalue weighted by Gasteiger charge is -2.22. The molecule has 0 spiro atoms. The van der Waals surface area contributed by atoms with E-state index < -0.39 is 0 Å². The van der Waals surface area contributed by atoms with Gasteiger partial charge in [0.25, 0.3) is 0 Å². The van der Waals surface area contributed by atoms with Crippen LogP contribution in [-0.2, 0) is 0 Å². The maximum Gasteiger partial charge on any atom is 0.193 e. The molecule has 0 radical (unpaired) electrons.